The number of hydrogen-bond acceptors (Lipinski definition) is 4. The van der Waals surface area contributed by atoms with E-state index in [9.17, 15) is 0 Å². The lowest BCUT2D eigenvalue weighted by Gasteiger charge is -2.07. The largest absolute Gasteiger partial charge is 0.457 e. The van der Waals surface area contributed by atoms with Crippen molar-refractivity contribution in [3.8, 4) is 34.1 Å². The predicted molar refractivity (Wildman–Crippen MR) is 194 cm³/mol. The standard InChI is InChI=1S/C44H26O4/c1-3-7-31(8-4-1)45-33-15-19-35-29(23-33)11-17-37-39-25-27(13-21-41(39)47-43(35)37)28-14-22-42-40(26-28)38-18-12-30-24-34(16-20-36(30)44(38)48-42)46-32-9-5-2-6-10-32/h1-26H. The van der Waals surface area contributed by atoms with Crippen LogP contribution in [0.3, 0.4) is 0 Å². The molecule has 0 fully saturated rings. The molecule has 4 nitrogen and oxygen atoms in total. The maximum atomic E-state index is 6.45. The zero-order chi connectivity index (χ0) is 31.6. The van der Waals surface area contributed by atoms with E-state index < -0.39 is 0 Å². The van der Waals surface area contributed by atoms with Gasteiger partial charge in [0.25, 0.3) is 0 Å². The van der Waals surface area contributed by atoms with Crippen molar-refractivity contribution in [1.29, 1.82) is 0 Å². The Balaban J connectivity index is 1.02. The van der Waals surface area contributed by atoms with E-state index in [1.54, 1.807) is 0 Å². The van der Waals surface area contributed by atoms with Gasteiger partial charge in [-0.05, 0) is 119 Å². The molecule has 8 aromatic carbocycles. The molecule has 0 aliphatic rings. The fraction of sp³-hybridized carbons (Fsp3) is 0. The molecule has 10 rings (SSSR count). The van der Waals surface area contributed by atoms with E-state index in [4.69, 9.17) is 18.3 Å². The summed E-state index contributed by atoms with van der Waals surface area (Å²) in [6, 6.07) is 53.4. The number of rotatable bonds is 5. The molecule has 10 aromatic rings. The van der Waals surface area contributed by atoms with Crippen molar-refractivity contribution in [2.45, 2.75) is 0 Å². The maximum Gasteiger partial charge on any atom is 0.143 e. The number of fused-ring (bicyclic) bond motifs is 10. The highest BCUT2D eigenvalue weighted by atomic mass is 16.5. The number of hydrogen-bond donors (Lipinski definition) is 0. The van der Waals surface area contributed by atoms with Crippen molar-refractivity contribution in [2.24, 2.45) is 0 Å². The van der Waals surface area contributed by atoms with Gasteiger partial charge in [-0.3, -0.25) is 0 Å². The Hall–Kier alpha value is -6.52. The Morgan fingerprint density at radius 3 is 1.21 bits per heavy atom. The minimum Gasteiger partial charge on any atom is -0.457 e. The van der Waals surface area contributed by atoms with Crippen LogP contribution in [0.2, 0.25) is 0 Å². The zero-order valence-corrected chi connectivity index (χ0v) is 25.6. The lowest BCUT2D eigenvalue weighted by molar-refractivity contribution is 0.483. The van der Waals surface area contributed by atoms with E-state index >= 15 is 0 Å². The van der Waals surface area contributed by atoms with Crippen LogP contribution in [0.4, 0.5) is 0 Å². The Kier molecular flexibility index (Phi) is 5.84. The molecule has 0 spiro atoms. The van der Waals surface area contributed by atoms with Crippen LogP contribution in [-0.4, -0.2) is 0 Å². The predicted octanol–water partition coefficient (Wildman–Crippen LogP) is 13.0. The van der Waals surface area contributed by atoms with Crippen molar-refractivity contribution >= 4 is 65.4 Å². The Bertz CT molecular complexity index is 2630. The van der Waals surface area contributed by atoms with Crippen LogP contribution in [0, 0.1) is 0 Å². The summed E-state index contributed by atoms with van der Waals surface area (Å²) >= 11 is 0. The highest BCUT2D eigenvalue weighted by Gasteiger charge is 2.15. The average Bonchev–Trinajstić information content (AvgIpc) is 3.70. The van der Waals surface area contributed by atoms with Gasteiger partial charge in [-0.15, -0.1) is 0 Å². The highest BCUT2D eigenvalue weighted by molar-refractivity contribution is 6.17. The van der Waals surface area contributed by atoms with Gasteiger partial charge in [0.2, 0.25) is 0 Å². The van der Waals surface area contributed by atoms with Gasteiger partial charge in [-0.2, -0.15) is 0 Å². The fourth-order valence-electron chi connectivity index (χ4n) is 6.82. The van der Waals surface area contributed by atoms with E-state index in [0.717, 1.165) is 99.5 Å². The van der Waals surface area contributed by atoms with Crippen molar-refractivity contribution in [3.63, 3.8) is 0 Å². The van der Waals surface area contributed by atoms with Gasteiger partial charge < -0.3 is 18.3 Å². The van der Waals surface area contributed by atoms with Crippen LogP contribution in [0.15, 0.2) is 167 Å². The van der Waals surface area contributed by atoms with Crippen LogP contribution in [0.1, 0.15) is 0 Å². The Morgan fingerprint density at radius 1 is 0.312 bits per heavy atom. The molecule has 0 aliphatic heterocycles. The normalized spacial score (nSPS) is 11.8. The first kappa shape index (κ1) is 26.7. The van der Waals surface area contributed by atoms with Gasteiger partial charge in [-0.1, -0.05) is 60.7 Å². The molecule has 0 saturated heterocycles. The van der Waals surface area contributed by atoms with Gasteiger partial charge in [0.1, 0.15) is 45.3 Å². The third-order valence-electron chi connectivity index (χ3n) is 9.14. The third-order valence-corrected chi connectivity index (χ3v) is 9.14. The topological polar surface area (TPSA) is 44.7 Å². The van der Waals surface area contributed by atoms with E-state index in [0.29, 0.717) is 0 Å². The second-order valence-electron chi connectivity index (χ2n) is 12.1. The van der Waals surface area contributed by atoms with Crippen LogP contribution < -0.4 is 9.47 Å². The van der Waals surface area contributed by atoms with Crippen LogP contribution in [-0.2, 0) is 0 Å². The molecule has 4 heteroatoms. The summed E-state index contributed by atoms with van der Waals surface area (Å²) in [7, 11) is 0. The molecule has 226 valence electrons. The van der Waals surface area contributed by atoms with Crippen molar-refractivity contribution in [2.75, 3.05) is 0 Å². The molecule has 0 aliphatic carbocycles. The van der Waals surface area contributed by atoms with Gasteiger partial charge in [0, 0.05) is 32.3 Å². The smallest absolute Gasteiger partial charge is 0.143 e. The lowest BCUT2D eigenvalue weighted by atomic mass is 9.99. The first-order chi connectivity index (χ1) is 23.7. The molecule has 0 amide bonds. The van der Waals surface area contributed by atoms with Gasteiger partial charge in [0.05, 0.1) is 0 Å². The number of furan rings is 2. The molecule has 0 saturated carbocycles. The molecule has 0 bridgehead atoms. The summed E-state index contributed by atoms with van der Waals surface area (Å²) in [5.74, 6) is 3.21. The summed E-state index contributed by atoms with van der Waals surface area (Å²) < 4.78 is 25.0. The first-order valence-electron chi connectivity index (χ1n) is 16.0. The minimum atomic E-state index is 0.795. The number of ether oxygens (including phenoxy) is 2. The van der Waals surface area contributed by atoms with Crippen LogP contribution in [0.25, 0.3) is 76.5 Å². The summed E-state index contributed by atoms with van der Waals surface area (Å²) in [5, 5.41) is 8.61. The molecular formula is C44H26O4. The maximum absolute atomic E-state index is 6.45. The second kappa shape index (κ2) is 10.5. The highest BCUT2D eigenvalue weighted by Crippen LogP contribution is 2.40. The van der Waals surface area contributed by atoms with Crippen LogP contribution in [0.5, 0.6) is 23.0 Å². The zero-order valence-electron chi connectivity index (χ0n) is 25.6. The quantitative estimate of drug-likeness (QED) is 0.192. The Morgan fingerprint density at radius 2 is 0.750 bits per heavy atom. The third kappa shape index (κ3) is 4.38. The molecule has 48 heavy (non-hydrogen) atoms. The van der Waals surface area contributed by atoms with Gasteiger partial charge in [-0.25, -0.2) is 0 Å². The first-order valence-corrected chi connectivity index (χ1v) is 16.0. The average molecular weight is 619 g/mol. The molecule has 2 heterocycles. The van der Waals surface area contributed by atoms with Gasteiger partial charge >= 0.3 is 0 Å². The molecule has 2 aromatic heterocycles. The minimum absolute atomic E-state index is 0.795. The van der Waals surface area contributed by atoms with E-state index in [1.165, 1.54) is 0 Å². The van der Waals surface area contributed by atoms with Crippen molar-refractivity contribution < 1.29 is 18.3 Å². The monoisotopic (exact) mass is 618 g/mol. The molecule has 0 radical (unpaired) electrons. The van der Waals surface area contributed by atoms with E-state index in [2.05, 4.69) is 84.9 Å². The lowest BCUT2D eigenvalue weighted by Crippen LogP contribution is -1.84. The molecule has 0 atom stereocenters. The summed E-state index contributed by atoms with van der Waals surface area (Å²) in [4.78, 5) is 0. The fourth-order valence-corrected chi connectivity index (χ4v) is 6.82. The SMILES string of the molecule is c1ccc(Oc2ccc3c(ccc4c5cc(-c6ccc7oc8c9ccc(Oc%10ccccc%10)cc9ccc8c7c6)ccc5oc34)c2)cc1. The summed E-state index contributed by atoms with van der Waals surface area (Å²) in [6.07, 6.45) is 0. The van der Waals surface area contributed by atoms with Crippen molar-refractivity contribution in [3.05, 3.63) is 158 Å². The molecule has 0 unspecified atom stereocenters. The second-order valence-corrected chi connectivity index (χ2v) is 12.1. The molecular weight excluding hydrogens is 592 g/mol. The van der Waals surface area contributed by atoms with E-state index in [1.807, 2.05) is 72.8 Å². The summed E-state index contributed by atoms with van der Waals surface area (Å²) in [6.45, 7) is 0. The van der Waals surface area contributed by atoms with E-state index in [-0.39, 0.29) is 0 Å². The van der Waals surface area contributed by atoms with Crippen LogP contribution >= 0.6 is 0 Å². The number of para-hydroxylation sites is 2. The van der Waals surface area contributed by atoms with Crippen molar-refractivity contribution in [1.82, 2.24) is 0 Å². The number of benzene rings is 8. The summed E-state index contributed by atoms with van der Waals surface area (Å²) in [5.41, 5.74) is 5.73. The Labute approximate surface area is 275 Å². The van der Waals surface area contributed by atoms with Gasteiger partial charge in [0.15, 0.2) is 0 Å². The molecule has 0 N–H and O–H groups in total.